The molecule has 2 N–H and O–H groups in total. The molecular formula is C4H8FN. The van der Waals surface area contributed by atoms with Crippen molar-refractivity contribution in [3.63, 3.8) is 0 Å². The molecule has 0 saturated heterocycles. The van der Waals surface area contributed by atoms with Gasteiger partial charge in [-0.15, -0.1) is 0 Å². The molecule has 1 saturated carbocycles. The largest absolute Gasteiger partial charge is 0.327 e. The Bertz CT molecular complexity index is 53.5. The summed E-state index contributed by atoms with van der Waals surface area (Å²) in [6.07, 6.45) is 0.899. The normalized spacial score (nSPS) is 43.0. The van der Waals surface area contributed by atoms with Crippen LogP contribution in [0.15, 0.2) is 0 Å². The smallest absolute Gasteiger partial charge is 0.0937 e. The predicted molar refractivity (Wildman–Crippen MR) is 22.1 cm³/mol. The van der Waals surface area contributed by atoms with Gasteiger partial charge in [0.1, 0.15) is 0 Å². The van der Waals surface area contributed by atoms with E-state index in [9.17, 15) is 4.39 Å². The van der Waals surface area contributed by atoms with E-state index >= 15 is 0 Å². The van der Waals surface area contributed by atoms with Crippen LogP contribution in [-0.2, 0) is 0 Å². The monoisotopic (exact) mass is 89.1 g/mol. The lowest BCUT2D eigenvalue weighted by molar-refractivity contribution is 0.452. The first-order valence-corrected chi connectivity index (χ1v) is 2.16. The van der Waals surface area contributed by atoms with Gasteiger partial charge in [0, 0.05) is 12.0 Å². The van der Waals surface area contributed by atoms with Gasteiger partial charge in [0.05, 0.1) is 6.67 Å². The molecule has 0 aromatic rings. The molecule has 6 heavy (non-hydrogen) atoms. The lowest BCUT2D eigenvalue weighted by Gasteiger charge is -1.76. The maximum Gasteiger partial charge on any atom is 0.0937 e. The number of halogens is 1. The summed E-state index contributed by atoms with van der Waals surface area (Å²) in [5.74, 6) is 0.213. The van der Waals surface area contributed by atoms with Crippen LogP contribution in [-0.4, -0.2) is 12.7 Å². The van der Waals surface area contributed by atoms with Crippen molar-refractivity contribution in [2.75, 3.05) is 6.67 Å². The summed E-state index contributed by atoms with van der Waals surface area (Å²) in [6, 6.07) is 0.190. The van der Waals surface area contributed by atoms with E-state index in [1.807, 2.05) is 0 Å². The molecule has 1 nitrogen and oxygen atoms in total. The van der Waals surface area contributed by atoms with Gasteiger partial charge in [-0.1, -0.05) is 0 Å². The van der Waals surface area contributed by atoms with E-state index in [-0.39, 0.29) is 18.6 Å². The van der Waals surface area contributed by atoms with Crippen molar-refractivity contribution in [2.45, 2.75) is 12.5 Å². The maximum atomic E-state index is 11.3. The lowest BCUT2D eigenvalue weighted by Crippen LogP contribution is -2.01. The Balaban J connectivity index is 2.09. The zero-order valence-electron chi connectivity index (χ0n) is 3.52. The van der Waals surface area contributed by atoms with E-state index in [0.717, 1.165) is 6.42 Å². The molecule has 1 aliphatic carbocycles. The molecule has 0 spiro atoms. The van der Waals surface area contributed by atoms with Crippen LogP contribution in [0, 0.1) is 5.92 Å². The second-order valence-electron chi connectivity index (χ2n) is 1.81. The fourth-order valence-electron chi connectivity index (χ4n) is 0.448. The van der Waals surface area contributed by atoms with Gasteiger partial charge in [0.25, 0.3) is 0 Å². The molecule has 0 bridgehead atoms. The molecule has 2 heteroatoms. The summed E-state index contributed by atoms with van der Waals surface area (Å²) < 4.78 is 11.3. The molecule has 0 heterocycles. The average molecular weight is 89.1 g/mol. The molecule has 0 radical (unpaired) electrons. The second-order valence-corrected chi connectivity index (χ2v) is 1.81. The molecule has 0 aliphatic heterocycles. The molecule has 1 aliphatic rings. The van der Waals surface area contributed by atoms with Gasteiger partial charge in [0.2, 0.25) is 0 Å². The molecule has 0 amide bonds. The number of alkyl halides is 1. The Hall–Kier alpha value is -0.110. The summed E-state index contributed by atoms with van der Waals surface area (Å²) in [5, 5.41) is 0. The number of hydrogen-bond donors (Lipinski definition) is 1. The average Bonchev–Trinajstić information content (AvgIpc) is 2.19. The van der Waals surface area contributed by atoms with E-state index in [0.29, 0.717) is 0 Å². The summed E-state index contributed by atoms with van der Waals surface area (Å²) in [5.41, 5.74) is 5.24. The van der Waals surface area contributed by atoms with Crippen molar-refractivity contribution in [1.82, 2.24) is 0 Å². The van der Waals surface area contributed by atoms with Crippen molar-refractivity contribution in [2.24, 2.45) is 11.7 Å². The van der Waals surface area contributed by atoms with Crippen LogP contribution in [0.3, 0.4) is 0 Å². The Morgan fingerprint density at radius 2 is 2.33 bits per heavy atom. The van der Waals surface area contributed by atoms with Gasteiger partial charge in [-0.05, 0) is 6.42 Å². The lowest BCUT2D eigenvalue weighted by atomic mass is 10.5. The minimum Gasteiger partial charge on any atom is -0.327 e. The van der Waals surface area contributed by atoms with Gasteiger partial charge >= 0.3 is 0 Å². The zero-order chi connectivity index (χ0) is 4.57. The summed E-state index contributed by atoms with van der Waals surface area (Å²) in [4.78, 5) is 0. The van der Waals surface area contributed by atoms with E-state index < -0.39 is 0 Å². The molecular weight excluding hydrogens is 81.0 g/mol. The van der Waals surface area contributed by atoms with Crippen LogP contribution in [0.2, 0.25) is 0 Å². The Labute approximate surface area is 36.3 Å². The van der Waals surface area contributed by atoms with E-state index in [1.54, 1.807) is 0 Å². The standard InChI is InChI=1S/C4H8FN/c5-2-3-1-4(3)6/h3-4H,1-2,6H2/t3-,4+/m1/s1. The minimum absolute atomic E-state index is 0.190. The second kappa shape index (κ2) is 1.19. The van der Waals surface area contributed by atoms with Gasteiger partial charge in [-0.2, -0.15) is 0 Å². The van der Waals surface area contributed by atoms with Crippen LogP contribution >= 0.6 is 0 Å². The maximum absolute atomic E-state index is 11.3. The first kappa shape index (κ1) is 4.06. The predicted octanol–water partition coefficient (Wildman–Crippen LogP) is 0.303. The van der Waals surface area contributed by atoms with Gasteiger partial charge in [-0.3, -0.25) is 4.39 Å². The first-order valence-electron chi connectivity index (χ1n) is 2.16. The SMILES string of the molecule is N[C@H]1C[C@@H]1CF. The third kappa shape index (κ3) is 0.522. The quantitative estimate of drug-likeness (QED) is 0.491. The van der Waals surface area contributed by atoms with Crippen LogP contribution in [0.25, 0.3) is 0 Å². The summed E-state index contributed by atoms with van der Waals surface area (Å²) >= 11 is 0. The molecule has 0 aromatic carbocycles. The summed E-state index contributed by atoms with van der Waals surface area (Å²) in [6.45, 7) is -0.221. The molecule has 1 rings (SSSR count). The molecule has 0 unspecified atom stereocenters. The highest BCUT2D eigenvalue weighted by Gasteiger charge is 2.32. The highest BCUT2D eigenvalue weighted by atomic mass is 19.1. The number of hydrogen-bond acceptors (Lipinski definition) is 1. The third-order valence-electron chi connectivity index (χ3n) is 1.18. The van der Waals surface area contributed by atoms with Crippen molar-refractivity contribution < 1.29 is 4.39 Å². The molecule has 36 valence electrons. The minimum atomic E-state index is -0.221. The highest BCUT2D eigenvalue weighted by Crippen LogP contribution is 2.27. The number of rotatable bonds is 1. The zero-order valence-corrected chi connectivity index (χ0v) is 3.52. The van der Waals surface area contributed by atoms with E-state index in [1.165, 1.54) is 0 Å². The topological polar surface area (TPSA) is 26.0 Å². The molecule has 0 aromatic heterocycles. The van der Waals surface area contributed by atoms with Crippen LogP contribution in [0.1, 0.15) is 6.42 Å². The van der Waals surface area contributed by atoms with Crippen molar-refractivity contribution in [3.8, 4) is 0 Å². The number of nitrogens with two attached hydrogens (primary N) is 1. The van der Waals surface area contributed by atoms with Gasteiger partial charge in [0.15, 0.2) is 0 Å². The van der Waals surface area contributed by atoms with Crippen molar-refractivity contribution >= 4 is 0 Å². The van der Waals surface area contributed by atoms with E-state index in [4.69, 9.17) is 5.73 Å². The first-order chi connectivity index (χ1) is 2.84. The van der Waals surface area contributed by atoms with Gasteiger partial charge < -0.3 is 5.73 Å². The van der Waals surface area contributed by atoms with Crippen molar-refractivity contribution in [1.29, 1.82) is 0 Å². The van der Waals surface area contributed by atoms with E-state index in [2.05, 4.69) is 0 Å². The fourth-order valence-corrected chi connectivity index (χ4v) is 0.448. The Morgan fingerprint density at radius 3 is 2.33 bits per heavy atom. The van der Waals surface area contributed by atoms with Crippen LogP contribution in [0.5, 0.6) is 0 Å². The Kier molecular flexibility index (Phi) is 0.804. The van der Waals surface area contributed by atoms with Gasteiger partial charge in [-0.25, -0.2) is 0 Å². The van der Waals surface area contributed by atoms with Crippen LogP contribution < -0.4 is 5.73 Å². The molecule has 2 atom stereocenters. The Morgan fingerprint density at radius 1 is 1.83 bits per heavy atom. The molecule has 1 fully saturated rings. The summed E-state index contributed by atoms with van der Waals surface area (Å²) in [7, 11) is 0. The van der Waals surface area contributed by atoms with Crippen LogP contribution in [0.4, 0.5) is 4.39 Å². The van der Waals surface area contributed by atoms with Crippen molar-refractivity contribution in [3.05, 3.63) is 0 Å². The third-order valence-corrected chi connectivity index (χ3v) is 1.18. The highest BCUT2D eigenvalue weighted by molar-refractivity contribution is 4.88. The fraction of sp³-hybridized carbons (Fsp3) is 1.00.